The van der Waals surface area contributed by atoms with Crippen LogP contribution in [0.15, 0.2) is 18.2 Å². The smallest absolute Gasteiger partial charge is 0.255 e. The molecule has 0 atom stereocenters. The fourth-order valence-corrected chi connectivity index (χ4v) is 1.85. The number of carbonyl (C=O) groups is 1. The van der Waals surface area contributed by atoms with Crippen LogP contribution in [0.3, 0.4) is 0 Å². The van der Waals surface area contributed by atoms with Crippen molar-refractivity contribution in [2.45, 2.75) is 13.3 Å². The molecule has 1 aromatic rings. The normalized spacial score (nSPS) is 10.3. The van der Waals surface area contributed by atoms with Crippen molar-refractivity contribution in [1.29, 1.82) is 0 Å². The van der Waals surface area contributed by atoms with Crippen LogP contribution in [-0.4, -0.2) is 35.6 Å². The molecule has 0 radical (unpaired) electrons. The largest absolute Gasteiger partial charge is 0.399 e. The molecule has 0 heterocycles. The van der Waals surface area contributed by atoms with Crippen molar-refractivity contribution >= 4 is 23.2 Å². The van der Waals surface area contributed by atoms with E-state index in [1.54, 1.807) is 23.1 Å². The average Bonchev–Trinajstić information content (AvgIpc) is 2.28. The average molecular weight is 257 g/mol. The monoisotopic (exact) mass is 256 g/mol. The summed E-state index contributed by atoms with van der Waals surface area (Å²) in [4.78, 5) is 13.7. The number of anilines is 1. The summed E-state index contributed by atoms with van der Waals surface area (Å²) in [5.74, 6) is -0.175. The zero-order valence-corrected chi connectivity index (χ0v) is 10.6. The number of rotatable bonds is 5. The molecule has 94 valence electrons. The molecule has 1 amide bonds. The molecule has 5 heteroatoms. The van der Waals surface area contributed by atoms with E-state index in [0.717, 1.165) is 6.42 Å². The lowest BCUT2D eigenvalue weighted by atomic mass is 10.1. The van der Waals surface area contributed by atoms with Gasteiger partial charge >= 0.3 is 0 Å². The number of nitrogens with two attached hydrogens (primary N) is 1. The third kappa shape index (κ3) is 3.61. The molecule has 0 saturated heterocycles. The van der Waals surface area contributed by atoms with E-state index in [9.17, 15) is 4.79 Å². The highest BCUT2D eigenvalue weighted by Crippen LogP contribution is 2.20. The van der Waals surface area contributed by atoms with Gasteiger partial charge in [0.05, 0.1) is 17.2 Å². The highest BCUT2D eigenvalue weighted by molar-refractivity contribution is 6.34. The second-order valence-electron chi connectivity index (χ2n) is 3.76. The Hall–Kier alpha value is -1.26. The van der Waals surface area contributed by atoms with Crippen molar-refractivity contribution in [1.82, 2.24) is 4.90 Å². The maximum Gasteiger partial charge on any atom is 0.255 e. The van der Waals surface area contributed by atoms with Gasteiger partial charge in [-0.05, 0) is 24.6 Å². The predicted octanol–water partition coefficient (Wildman–Crippen LogP) is 1.77. The lowest BCUT2D eigenvalue weighted by Gasteiger charge is -2.21. The molecule has 0 aliphatic rings. The maximum atomic E-state index is 12.1. The van der Waals surface area contributed by atoms with Gasteiger partial charge in [-0.1, -0.05) is 18.5 Å². The van der Waals surface area contributed by atoms with Gasteiger partial charge in [0.15, 0.2) is 0 Å². The third-order valence-electron chi connectivity index (χ3n) is 2.37. The molecule has 3 N–H and O–H groups in total. The molecule has 0 fully saturated rings. The second-order valence-corrected chi connectivity index (χ2v) is 4.16. The van der Waals surface area contributed by atoms with Crippen LogP contribution >= 0.6 is 11.6 Å². The highest BCUT2D eigenvalue weighted by atomic mass is 35.5. The van der Waals surface area contributed by atoms with Crippen LogP contribution in [0.5, 0.6) is 0 Å². The number of nitrogens with zero attached hydrogens (tertiary/aromatic N) is 1. The Bertz CT molecular complexity index is 390. The Balaban J connectivity index is 2.92. The number of halogens is 1. The van der Waals surface area contributed by atoms with Gasteiger partial charge in [0, 0.05) is 18.8 Å². The highest BCUT2D eigenvalue weighted by Gasteiger charge is 2.17. The van der Waals surface area contributed by atoms with E-state index in [-0.39, 0.29) is 12.5 Å². The quantitative estimate of drug-likeness (QED) is 0.789. The van der Waals surface area contributed by atoms with E-state index < -0.39 is 0 Å². The van der Waals surface area contributed by atoms with Crippen molar-refractivity contribution in [2.75, 3.05) is 25.4 Å². The first-order valence-electron chi connectivity index (χ1n) is 5.55. The Morgan fingerprint density at radius 2 is 2.18 bits per heavy atom. The minimum absolute atomic E-state index is 0.0572. The standard InChI is InChI=1S/C12H17ClN2O2/c1-2-5-15(6-7-16)12(17)10-4-3-9(14)8-11(10)13/h3-4,8,16H,2,5-7,14H2,1H3. The summed E-state index contributed by atoms with van der Waals surface area (Å²) in [6.45, 7) is 2.83. The van der Waals surface area contributed by atoms with Crippen molar-refractivity contribution in [3.63, 3.8) is 0 Å². The van der Waals surface area contributed by atoms with E-state index in [4.69, 9.17) is 22.4 Å². The summed E-state index contributed by atoms with van der Waals surface area (Å²) in [5, 5.41) is 9.27. The molecule has 1 rings (SSSR count). The van der Waals surface area contributed by atoms with E-state index in [1.807, 2.05) is 6.92 Å². The van der Waals surface area contributed by atoms with E-state index in [2.05, 4.69) is 0 Å². The zero-order valence-electron chi connectivity index (χ0n) is 9.82. The molecule has 1 aromatic carbocycles. The fraction of sp³-hybridized carbons (Fsp3) is 0.417. The minimum Gasteiger partial charge on any atom is -0.399 e. The molecule has 0 saturated carbocycles. The molecule has 0 aliphatic carbocycles. The summed E-state index contributed by atoms with van der Waals surface area (Å²) in [6.07, 6.45) is 0.832. The van der Waals surface area contributed by atoms with Crippen LogP contribution in [-0.2, 0) is 0 Å². The van der Waals surface area contributed by atoms with Gasteiger partial charge in [-0.15, -0.1) is 0 Å². The van der Waals surface area contributed by atoms with E-state index in [1.165, 1.54) is 0 Å². The number of carbonyl (C=O) groups excluding carboxylic acids is 1. The zero-order chi connectivity index (χ0) is 12.8. The van der Waals surface area contributed by atoms with Crippen LogP contribution in [0.25, 0.3) is 0 Å². The molecular weight excluding hydrogens is 240 g/mol. The molecule has 17 heavy (non-hydrogen) atoms. The molecule has 0 bridgehead atoms. The number of benzene rings is 1. The summed E-state index contributed by atoms with van der Waals surface area (Å²) >= 11 is 5.98. The number of amides is 1. The fourth-order valence-electron chi connectivity index (χ4n) is 1.58. The predicted molar refractivity (Wildman–Crippen MR) is 69.1 cm³/mol. The first-order chi connectivity index (χ1) is 8.10. The first-order valence-corrected chi connectivity index (χ1v) is 5.93. The molecular formula is C12H17ClN2O2. The van der Waals surface area contributed by atoms with Crippen LogP contribution < -0.4 is 5.73 Å². The van der Waals surface area contributed by atoms with Crippen molar-refractivity contribution in [2.24, 2.45) is 0 Å². The van der Waals surface area contributed by atoms with E-state index in [0.29, 0.717) is 29.4 Å². The van der Waals surface area contributed by atoms with Crippen LogP contribution in [0, 0.1) is 0 Å². The minimum atomic E-state index is -0.175. The van der Waals surface area contributed by atoms with E-state index >= 15 is 0 Å². The number of hydrogen-bond acceptors (Lipinski definition) is 3. The lowest BCUT2D eigenvalue weighted by Crippen LogP contribution is -2.34. The van der Waals surface area contributed by atoms with Crippen LogP contribution in [0.2, 0.25) is 5.02 Å². The maximum absolute atomic E-state index is 12.1. The van der Waals surface area contributed by atoms with Gasteiger partial charge in [0.2, 0.25) is 0 Å². The van der Waals surface area contributed by atoms with Gasteiger partial charge in [0.1, 0.15) is 0 Å². The molecule has 0 aliphatic heterocycles. The number of aliphatic hydroxyl groups is 1. The Kier molecular flexibility index (Phi) is 5.25. The number of nitrogen functional groups attached to an aromatic ring is 1. The van der Waals surface area contributed by atoms with Gasteiger partial charge in [-0.25, -0.2) is 0 Å². The number of aliphatic hydroxyl groups excluding tert-OH is 1. The lowest BCUT2D eigenvalue weighted by molar-refractivity contribution is 0.0722. The number of hydrogen-bond donors (Lipinski definition) is 2. The van der Waals surface area contributed by atoms with Gasteiger partial charge in [0.25, 0.3) is 5.91 Å². The first kappa shape index (κ1) is 13.8. The van der Waals surface area contributed by atoms with Gasteiger partial charge in [-0.2, -0.15) is 0 Å². The van der Waals surface area contributed by atoms with Gasteiger partial charge in [-0.3, -0.25) is 4.79 Å². The SMILES string of the molecule is CCCN(CCO)C(=O)c1ccc(N)cc1Cl. The molecule has 0 spiro atoms. The molecule has 0 aromatic heterocycles. The second kappa shape index (κ2) is 6.47. The van der Waals surface area contributed by atoms with Crippen molar-refractivity contribution in [3.8, 4) is 0 Å². The summed E-state index contributed by atoms with van der Waals surface area (Å²) in [7, 11) is 0. The van der Waals surface area contributed by atoms with Crippen LogP contribution in [0.1, 0.15) is 23.7 Å². The van der Waals surface area contributed by atoms with Crippen molar-refractivity contribution in [3.05, 3.63) is 28.8 Å². The molecule has 0 unspecified atom stereocenters. The topological polar surface area (TPSA) is 66.6 Å². The Morgan fingerprint density at radius 3 is 2.71 bits per heavy atom. The van der Waals surface area contributed by atoms with Gasteiger partial charge < -0.3 is 15.7 Å². The van der Waals surface area contributed by atoms with Crippen molar-refractivity contribution < 1.29 is 9.90 Å². The summed E-state index contributed by atoms with van der Waals surface area (Å²) in [6, 6.07) is 4.81. The third-order valence-corrected chi connectivity index (χ3v) is 2.69. The van der Waals surface area contributed by atoms with Crippen LogP contribution in [0.4, 0.5) is 5.69 Å². The Morgan fingerprint density at radius 1 is 1.47 bits per heavy atom. The summed E-state index contributed by atoms with van der Waals surface area (Å²) in [5.41, 5.74) is 6.51. The molecule has 4 nitrogen and oxygen atoms in total. The summed E-state index contributed by atoms with van der Waals surface area (Å²) < 4.78 is 0. The Labute approximate surface area is 106 Å².